The van der Waals surface area contributed by atoms with Gasteiger partial charge in [-0.25, -0.2) is 0 Å². The maximum absolute atomic E-state index is 9.24. The van der Waals surface area contributed by atoms with Gasteiger partial charge in [0.15, 0.2) is 11.8 Å². The lowest BCUT2D eigenvalue weighted by Crippen LogP contribution is -2.73. The predicted molar refractivity (Wildman–Crippen MR) is 84.6 cm³/mol. The van der Waals surface area contributed by atoms with Crippen molar-refractivity contribution in [3.63, 3.8) is 0 Å². The second-order valence-electron chi connectivity index (χ2n) is 5.51. The number of fused-ring (bicyclic) bond motifs is 3. The Balaban J connectivity index is 2.15. The van der Waals surface area contributed by atoms with Gasteiger partial charge in [0.2, 0.25) is 0 Å². The molecule has 1 aliphatic heterocycles. The van der Waals surface area contributed by atoms with Crippen LogP contribution in [0.3, 0.4) is 0 Å². The van der Waals surface area contributed by atoms with Crippen LogP contribution in [0.5, 0.6) is 0 Å². The van der Waals surface area contributed by atoms with Crippen LogP contribution < -0.4 is 5.43 Å². The fourth-order valence-electron chi connectivity index (χ4n) is 3.14. The van der Waals surface area contributed by atoms with Gasteiger partial charge in [-0.05, 0) is 37.1 Å². The summed E-state index contributed by atoms with van der Waals surface area (Å²) in [6.07, 6.45) is 0. The van der Waals surface area contributed by atoms with Crippen LogP contribution in [0, 0.1) is 25.2 Å². The Morgan fingerprint density at radius 3 is 2.86 bits per heavy atom. The molecule has 0 saturated heterocycles. The van der Waals surface area contributed by atoms with Crippen molar-refractivity contribution in [1.29, 1.82) is 5.26 Å². The summed E-state index contributed by atoms with van der Waals surface area (Å²) in [5.74, 6) is 0. The van der Waals surface area contributed by atoms with E-state index in [-0.39, 0.29) is 0 Å². The van der Waals surface area contributed by atoms with Crippen LogP contribution in [0.15, 0.2) is 46.4 Å². The third kappa shape index (κ3) is 1.62. The second-order valence-corrected chi connectivity index (χ2v) is 5.51. The number of nitrogens with one attached hydrogen (secondary N) is 1. The van der Waals surface area contributed by atoms with E-state index in [1.165, 1.54) is 16.2 Å². The van der Waals surface area contributed by atoms with Crippen LogP contribution in [-0.4, -0.2) is 4.98 Å². The van der Waals surface area contributed by atoms with E-state index < -0.39 is 0 Å². The minimum Gasteiger partial charge on any atom is -0.354 e. The van der Waals surface area contributed by atoms with Gasteiger partial charge in [0.05, 0.1) is 0 Å². The SMILES string of the molecule is Cc1cc(C2=C(C#N)[NH2+]N=N2)c(C)c2c1[nH]c1ccccc12. The lowest BCUT2D eigenvalue weighted by atomic mass is 9.96. The number of hydrogen-bond donors (Lipinski definition) is 2. The fraction of sp³-hybridized carbons (Fsp3) is 0.118. The van der Waals surface area contributed by atoms with E-state index in [4.69, 9.17) is 0 Å². The Labute approximate surface area is 126 Å². The molecule has 0 amide bonds. The maximum atomic E-state index is 9.24. The number of allylic oxidation sites excluding steroid dienone is 1. The van der Waals surface area contributed by atoms with Crippen molar-refractivity contribution in [3.8, 4) is 6.07 Å². The van der Waals surface area contributed by atoms with Gasteiger partial charge in [0, 0.05) is 32.6 Å². The minimum atomic E-state index is 0.515. The van der Waals surface area contributed by atoms with Crippen LogP contribution >= 0.6 is 0 Å². The monoisotopic (exact) mass is 288 g/mol. The highest BCUT2D eigenvalue weighted by molar-refractivity contribution is 6.11. The van der Waals surface area contributed by atoms with E-state index >= 15 is 0 Å². The molecule has 0 aliphatic carbocycles. The molecule has 0 spiro atoms. The molecule has 1 aliphatic rings. The Kier molecular flexibility index (Phi) is 2.62. The molecule has 4 rings (SSSR count). The first-order valence-electron chi connectivity index (χ1n) is 7.10. The van der Waals surface area contributed by atoms with Crippen molar-refractivity contribution in [1.82, 2.24) is 4.98 Å². The molecule has 0 unspecified atom stereocenters. The van der Waals surface area contributed by atoms with Crippen molar-refractivity contribution < 1.29 is 5.43 Å². The molecule has 0 atom stereocenters. The van der Waals surface area contributed by atoms with Gasteiger partial charge in [0.1, 0.15) is 0 Å². The second kappa shape index (κ2) is 4.52. The summed E-state index contributed by atoms with van der Waals surface area (Å²) in [5, 5.41) is 19.7. The van der Waals surface area contributed by atoms with Gasteiger partial charge in [-0.2, -0.15) is 10.7 Å². The zero-order chi connectivity index (χ0) is 15.3. The van der Waals surface area contributed by atoms with Gasteiger partial charge in [-0.3, -0.25) is 0 Å². The van der Waals surface area contributed by atoms with Crippen molar-refractivity contribution >= 4 is 27.5 Å². The van der Waals surface area contributed by atoms with E-state index in [0.717, 1.165) is 27.7 Å². The van der Waals surface area contributed by atoms with E-state index in [1.54, 1.807) is 0 Å². The summed E-state index contributed by atoms with van der Waals surface area (Å²) < 4.78 is 0. The molecule has 22 heavy (non-hydrogen) atoms. The molecule has 0 bridgehead atoms. The zero-order valence-electron chi connectivity index (χ0n) is 12.3. The van der Waals surface area contributed by atoms with Gasteiger partial charge >= 0.3 is 0 Å². The van der Waals surface area contributed by atoms with Crippen molar-refractivity contribution in [2.75, 3.05) is 0 Å². The van der Waals surface area contributed by atoms with Crippen molar-refractivity contribution in [2.45, 2.75) is 13.8 Å². The number of nitriles is 1. The molecule has 2 heterocycles. The molecule has 0 radical (unpaired) electrons. The molecule has 0 fully saturated rings. The number of nitrogens with two attached hydrogens (primary N) is 1. The summed E-state index contributed by atoms with van der Waals surface area (Å²) in [4.78, 5) is 3.49. The smallest absolute Gasteiger partial charge is 0.263 e. The van der Waals surface area contributed by atoms with Crippen molar-refractivity contribution in [3.05, 3.63) is 52.7 Å². The quantitative estimate of drug-likeness (QED) is 0.663. The molecule has 1 aromatic heterocycles. The van der Waals surface area contributed by atoms with Gasteiger partial charge in [-0.15, -0.1) is 0 Å². The number of aromatic nitrogens is 1. The average molecular weight is 288 g/mol. The normalized spacial score (nSPS) is 14.2. The topological polar surface area (TPSA) is 80.9 Å². The largest absolute Gasteiger partial charge is 0.354 e. The molecule has 3 N–H and O–H groups in total. The Bertz CT molecular complexity index is 1030. The number of benzene rings is 2. The highest BCUT2D eigenvalue weighted by Crippen LogP contribution is 2.35. The van der Waals surface area contributed by atoms with Crippen LogP contribution in [0.2, 0.25) is 0 Å². The summed E-state index contributed by atoms with van der Waals surface area (Å²) in [6.45, 7) is 4.15. The molecule has 106 valence electrons. The van der Waals surface area contributed by atoms with Gasteiger partial charge in [0.25, 0.3) is 5.70 Å². The first-order valence-corrected chi connectivity index (χ1v) is 7.10. The lowest BCUT2D eigenvalue weighted by Gasteiger charge is -2.08. The van der Waals surface area contributed by atoms with Gasteiger partial charge < -0.3 is 4.98 Å². The number of aryl methyl sites for hydroxylation is 2. The summed E-state index contributed by atoms with van der Waals surface area (Å²) in [7, 11) is 0. The summed E-state index contributed by atoms with van der Waals surface area (Å²) >= 11 is 0. The van der Waals surface area contributed by atoms with Crippen molar-refractivity contribution in [2.24, 2.45) is 10.3 Å². The Hall–Kier alpha value is -2.97. The van der Waals surface area contributed by atoms with E-state index in [2.05, 4.69) is 53.4 Å². The van der Waals surface area contributed by atoms with Gasteiger partial charge in [-0.1, -0.05) is 23.3 Å². The zero-order valence-corrected chi connectivity index (χ0v) is 12.3. The first-order chi connectivity index (χ1) is 10.7. The highest BCUT2D eigenvalue weighted by atomic mass is 15.5. The molecule has 0 saturated carbocycles. The number of hydrogen-bond acceptors (Lipinski definition) is 3. The summed E-state index contributed by atoms with van der Waals surface area (Å²) in [6, 6.07) is 12.5. The van der Waals surface area contributed by atoms with Crippen LogP contribution in [-0.2, 0) is 0 Å². The number of quaternary nitrogens is 1. The first kappa shape index (κ1) is 12.7. The molecular formula is C17H14N5+. The fourth-order valence-corrected chi connectivity index (χ4v) is 3.14. The standard InChI is InChI=1S/C17H13N5/c1-9-7-12(17-14(8-18)20-22-21-17)10(2)15-11-5-3-4-6-13(11)19-16(9)15/h3-7,19H,1-2H3,(H,20,21,22)/p+1. The minimum absolute atomic E-state index is 0.515. The van der Waals surface area contributed by atoms with E-state index in [0.29, 0.717) is 11.4 Å². The van der Waals surface area contributed by atoms with Crippen LogP contribution in [0.25, 0.3) is 27.5 Å². The number of aromatic amines is 1. The molecule has 5 heteroatoms. The molecular weight excluding hydrogens is 274 g/mol. The number of rotatable bonds is 1. The molecule has 3 aromatic rings. The lowest BCUT2D eigenvalue weighted by molar-refractivity contribution is -0.607. The molecule has 5 nitrogen and oxygen atoms in total. The van der Waals surface area contributed by atoms with Crippen LogP contribution in [0.4, 0.5) is 0 Å². The van der Waals surface area contributed by atoms with E-state index in [9.17, 15) is 5.26 Å². The number of para-hydroxylation sites is 1. The number of H-pyrrole nitrogens is 1. The maximum Gasteiger partial charge on any atom is 0.263 e. The Morgan fingerprint density at radius 1 is 1.23 bits per heavy atom. The highest BCUT2D eigenvalue weighted by Gasteiger charge is 2.23. The Morgan fingerprint density at radius 2 is 2.05 bits per heavy atom. The predicted octanol–water partition coefficient (Wildman–Crippen LogP) is 3.07. The van der Waals surface area contributed by atoms with E-state index in [1.807, 2.05) is 12.1 Å². The third-order valence-electron chi connectivity index (χ3n) is 4.22. The number of nitrogens with zero attached hydrogens (tertiary/aromatic N) is 3. The summed E-state index contributed by atoms with van der Waals surface area (Å²) in [5.41, 5.74) is 8.19. The average Bonchev–Trinajstić information content (AvgIpc) is 3.15. The third-order valence-corrected chi connectivity index (χ3v) is 4.22. The van der Waals surface area contributed by atoms with Crippen LogP contribution in [0.1, 0.15) is 16.7 Å². The molecule has 2 aromatic carbocycles.